The van der Waals surface area contributed by atoms with Crippen LogP contribution in [0.1, 0.15) is 33.6 Å². The molecule has 158 valence electrons. The molecular formula is C18H28ClN3O5S. The summed E-state index contributed by atoms with van der Waals surface area (Å²) in [6.45, 7) is 8.06. The second kappa shape index (κ2) is 10.9. The number of rotatable bonds is 8. The van der Waals surface area contributed by atoms with E-state index in [4.69, 9.17) is 29.1 Å². The van der Waals surface area contributed by atoms with E-state index in [0.717, 1.165) is 29.4 Å². The van der Waals surface area contributed by atoms with Crippen LogP contribution in [0, 0.1) is 5.21 Å². The molecule has 1 aromatic heterocycles. The molecule has 2 rings (SSSR count). The number of quaternary nitrogens is 1. The Bertz CT molecular complexity index is 851. The van der Waals surface area contributed by atoms with Crippen molar-refractivity contribution < 1.29 is 22.2 Å². The summed E-state index contributed by atoms with van der Waals surface area (Å²) in [4.78, 5) is 4.36. The molecule has 10 heteroatoms. The van der Waals surface area contributed by atoms with Gasteiger partial charge >= 0.3 is 10.4 Å². The number of aromatic nitrogens is 1. The molecule has 0 aliphatic carbocycles. The molecule has 1 aromatic carbocycles. The van der Waals surface area contributed by atoms with Gasteiger partial charge in [-0.3, -0.25) is 14.1 Å². The van der Waals surface area contributed by atoms with Gasteiger partial charge in [-0.1, -0.05) is 11.6 Å². The fourth-order valence-corrected chi connectivity index (χ4v) is 2.98. The molecule has 0 fully saturated rings. The van der Waals surface area contributed by atoms with Crippen molar-refractivity contribution in [3.05, 3.63) is 40.7 Å². The predicted octanol–water partition coefficient (Wildman–Crippen LogP) is 4.17. The van der Waals surface area contributed by atoms with Gasteiger partial charge in [-0.25, -0.2) is 0 Å². The summed E-state index contributed by atoms with van der Waals surface area (Å²) < 4.78 is 31.5. The molecule has 2 aromatic rings. The van der Waals surface area contributed by atoms with Gasteiger partial charge in [0.05, 0.1) is 25.2 Å². The molecule has 0 aliphatic heterocycles. The molecule has 0 aliphatic rings. The van der Waals surface area contributed by atoms with Gasteiger partial charge in [-0.05, 0) is 57.9 Å². The maximum absolute atomic E-state index is 12.3. The highest BCUT2D eigenvalue weighted by atomic mass is 35.5. The molecular weight excluding hydrogens is 406 g/mol. The van der Waals surface area contributed by atoms with Crippen LogP contribution in [0.5, 0.6) is 0 Å². The van der Waals surface area contributed by atoms with E-state index in [2.05, 4.69) is 17.2 Å². The van der Waals surface area contributed by atoms with Crippen molar-refractivity contribution in [1.82, 2.24) is 4.98 Å². The minimum Gasteiger partial charge on any atom is -0.633 e. The van der Waals surface area contributed by atoms with Crippen LogP contribution >= 0.6 is 11.6 Å². The van der Waals surface area contributed by atoms with Gasteiger partial charge in [0.1, 0.15) is 0 Å². The zero-order chi connectivity index (χ0) is 21.4. The van der Waals surface area contributed by atoms with E-state index in [1.54, 1.807) is 6.20 Å². The second-order valence-corrected chi connectivity index (χ2v) is 7.90. The van der Waals surface area contributed by atoms with Crippen molar-refractivity contribution in [3.63, 3.8) is 0 Å². The minimum atomic E-state index is -4.67. The predicted molar refractivity (Wildman–Crippen MR) is 113 cm³/mol. The number of fused-ring (bicyclic) bond motifs is 1. The highest BCUT2D eigenvalue weighted by molar-refractivity contribution is 7.79. The number of hydrogen-bond acceptors (Lipinski definition) is 5. The van der Waals surface area contributed by atoms with E-state index in [1.165, 1.54) is 0 Å². The van der Waals surface area contributed by atoms with E-state index in [-0.39, 0.29) is 4.65 Å². The van der Waals surface area contributed by atoms with E-state index in [9.17, 15) is 5.21 Å². The lowest BCUT2D eigenvalue weighted by Crippen LogP contribution is -2.42. The third-order valence-electron chi connectivity index (χ3n) is 4.46. The smallest absolute Gasteiger partial charge is 0.394 e. The topological polar surface area (TPSA) is 123 Å². The van der Waals surface area contributed by atoms with Gasteiger partial charge in [-0.2, -0.15) is 8.42 Å². The van der Waals surface area contributed by atoms with Crippen LogP contribution in [0.2, 0.25) is 5.02 Å². The number of nitrogens with one attached hydrogen (secondary N) is 1. The molecule has 0 saturated carbocycles. The summed E-state index contributed by atoms with van der Waals surface area (Å²) in [6.07, 6.45) is 3.69. The first kappa shape index (κ1) is 24.5. The van der Waals surface area contributed by atoms with E-state index in [0.29, 0.717) is 30.7 Å². The van der Waals surface area contributed by atoms with Gasteiger partial charge in [0, 0.05) is 28.3 Å². The quantitative estimate of drug-likeness (QED) is 0.324. The average molecular weight is 434 g/mol. The standard InChI is InChI=1S/C18H26ClN3O.H2O4S/c1-4-22(23,5-2)12-6-7-14(3)21-17-10-11-20-18-13-15(19)8-9-16(17)18;1-5(2,3)4/h8-11,13-14H,4-7,12H2,1-3H3,(H,20,21);(H2,1,2,3,4). The third-order valence-corrected chi connectivity index (χ3v) is 4.70. The molecule has 0 bridgehead atoms. The zero-order valence-corrected chi connectivity index (χ0v) is 17.9. The first-order valence-corrected chi connectivity index (χ1v) is 10.8. The van der Waals surface area contributed by atoms with Gasteiger partial charge in [0.2, 0.25) is 0 Å². The van der Waals surface area contributed by atoms with Crippen LogP contribution in [-0.2, 0) is 10.4 Å². The molecule has 8 nitrogen and oxygen atoms in total. The number of anilines is 1. The van der Waals surface area contributed by atoms with Crippen molar-refractivity contribution in [2.24, 2.45) is 0 Å². The summed E-state index contributed by atoms with van der Waals surface area (Å²) in [5.41, 5.74) is 1.95. The number of pyridine rings is 1. The fraction of sp³-hybridized carbons (Fsp3) is 0.500. The molecule has 0 spiro atoms. The molecule has 0 amide bonds. The van der Waals surface area contributed by atoms with Crippen LogP contribution in [0.15, 0.2) is 30.5 Å². The Labute approximate surface area is 171 Å². The van der Waals surface area contributed by atoms with Gasteiger partial charge in [0.25, 0.3) is 0 Å². The number of halogens is 1. The van der Waals surface area contributed by atoms with Crippen molar-refractivity contribution in [3.8, 4) is 0 Å². The van der Waals surface area contributed by atoms with Crippen LogP contribution in [0.4, 0.5) is 5.69 Å². The van der Waals surface area contributed by atoms with Crippen molar-refractivity contribution in [2.45, 2.75) is 39.7 Å². The number of hydroxylamine groups is 3. The van der Waals surface area contributed by atoms with Crippen LogP contribution < -0.4 is 5.32 Å². The number of hydrogen-bond donors (Lipinski definition) is 3. The Morgan fingerprint density at radius 3 is 2.43 bits per heavy atom. The van der Waals surface area contributed by atoms with E-state index < -0.39 is 10.4 Å². The van der Waals surface area contributed by atoms with Crippen LogP contribution in [0.25, 0.3) is 10.9 Å². The van der Waals surface area contributed by atoms with E-state index in [1.807, 2.05) is 38.1 Å². The van der Waals surface area contributed by atoms with Crippen LogP contribution in [0.3, 0.4) is 0 Å². The Hall–Kier alpha value is -1.49. The van der Waals surface area contributed by atoms with Gasteiger partial charge in [-0.15, -0.1) is 0 Å². The fourth-order valence-electron chi connectivity index (χ4n) is 2.81. The van der Waals surface area contributed by atoms with E-state index >= 15 is 0 Å². The highest BCUT2D eigenvalue weighted by Gasteiger charge is 2.12. The molecule has 0 radical (unpaired) electrons. The van der Waals surface area contributed by atoms with Crippen molar-refractivity contribution in [2.75, 3.05) is 25.0 Å². The lowest BCUT2D eigenvalue weighted by atomic mass is 10.1. The Morgan fingerprint density at radius 1 is 1.25 bits per heavy atom. The summed E-state index contributed by atoms with van der Waals surface area (Å²) in [5.74, 6) is 0. The first-order chi connectivity index (χ1) is 13.0. The molecule has 1 atom stereocenters. The normalized spacial score (nSPS) is 13.0. The summed E-state index contributed by atoms with van der Waals surface area (Å²) >= 11 is 6.02. The van der Waals surface area contributed by atoms with Crippen molar-refractivity contribution in [1.29, 1.82) is 0 Å². The lowest BCUT2D eigenvalue weighted by Gasteiger charge is -2.41. The van der Waals surface area contributed by atoms with Gasteiger partial charge in [0.15, 0.2) is 0 Å². The molecule has 1 unspecified atom stereocenters. The summed E-state index contributed by atoms with van der Waals surface area (Å²) in [5, 5.41) is 17.6. The summed E-state index contributed by atoms with van der Waals surface area (Å²) in [7, 11) is -4.67. The minimum absolute atomic E-state index is 0.0938. The first-order valence-electron chi connectivity index (χ1n) is 9.05. The molecule has 1 heterocycles. The zero-order valence-electron chi connectivity index (χ0n) is 16.3. The Morgan fingerprint density at radius 2 is 1.86 bits per heavy atom. The highest BCUT2D eigenvalue weighted by Crippen LogP contribution is 2.25. The maximum Gasteiger partial charge on any atom is 0.394 e. The molecule has 0 saturated heterocycles. The Kier molecular flexibility index (Phi) is 9.55. The van der Waals surface area contributed by atoms with Gasteiger partial charge < -0.3 is 15.2 Å². The largest absolute Gasteiger partial charge is 0.633 e. The molecule has 3 N–H and O–H groups in total. The lowest BCUT2D eigenvalue weighted by molar-refractivity contribution is -0.877. The number of nitrogens with zero attached hydrogens (tertiary/aromatic N) is 2. The van der Waals surface area contributed by atoms with Crippen LogP contribution in [-0.4, -0.2) is 52.8 Å². The third kappa shape index (κ3) is 9.13. The monoisotopic (exact) mass is 433 g/mol. The Balaban J connectivity index is 0.000000696. The second-order valence-electron chi connectivity index (χ2n) is 6.57. The number of benzene rings is 1. The average Bonchev–Trinajstić information content (AvgIpc) is 2.60. The summed E-state index contributed by atoms with van der Waals surface area (Å²) in [6, 6.07) is 8.04. The SMILES string of the molecule is CC[N+]([O-])(CC)CCCC(C)Nc1ccnc2cc(Cl)ccc12.O=S(=O)(O)O. The van der Waals surface area contributed by atoms with Crippen molar-refractivity contribution >= 4 is 38.6 Å². The molecule has 28 heavy (non-hydrogen) atoms. The maximum atomic E-state index is 12.3.